The summed E-state index contributed by atoms with van der Waals surface area (Å²) in [7, 11) is 0. The predicted molar refractivity (Wildman–Crippen MR) is 64.3 cm³/mol. The first-order chi connectivity index (χ1) is 8.65. The zero-order chi connectivity index (χ0) is 13.4. The van der Waals surface area contributed by atoms with E-state index in [0.717, 1.165) is 6.42 Å². The van der Waals surface area contributed by atoms with Crippen LogP contribution >= 0.6 is 0 Å². The molecule has 1 heterocycles. The number of carbonyl (C=O) groups is 2. The Labute approximate surface area is 107 Å². The van der Waals surface area contributed by atoms with E-state index in [-0.39, 0.29) is 12.5 Å². The lowest BCUT2D eigenvalue weighted by Gasteiger charge is -2.30. The quantitative estimate of drug-likeness (QED) is 0.668. The van der Waals surface area contributed by atoms with Crippen LogP contribution in [0.4, 0.5) is 0 Å². The Morgan fingerprint density at radius 2 is 2.06 bits per heavy atom. The van der Waals surface area contributed by atoms with E-state index in [1.165, 1.54) is 0 Å². The van der Waals surface area contributed by atoms with Crippen molar-refractivity contribution in [2.24, 2.45) is 5.92 Å². The molecule has 0 unspecified atom stereocenters. The van der Waals surface area contributed by atoms with Crippen LogP contribution in [-0.2, 0) is 19.1 Å². The van der Waals surface area contributed by atoms with Crippen molar-refractivity contribution >= 4 is 11.9 Å². The van der Waals surface area contributed by atoms with E-state index in [4.69, 9.17) is 14.6 Å². The van der Waals surface area contributed by atoms with Crippen molar-refractivity contribution in [3.05, 3.63) is 0 Å². The molecule has 104 valence electrons. The monoisotopic (exact) mass is 259 g/mol. The van der Waals surface area contributed by atoms with Gasteiger partial charge >= 0.3 is 5.97 Å². The van der Waals surface area contributed by atoms with Crippen LogP contribution in [0.2, 0.25) is 0 Å². The van der Waals surface area contributed by atoms with E-state index in [9.17, 15) is 9.59 Å². The molecule has 0 spiro atoms. The Morgan fingerprint density at radius 1 is 1.33 bits per heavy atom. The van der Waals surface area contributed by atoms with Crippen LogP contribution < -0.4 is 0 Å². The van der Waals surface area contributed by atoms with Crippen molar-refractivity contribution in [2.75, 3.05) is 39.5 Å². The summed E-state index contributed by atoms with van der Waals surface area (Å²) in [4.78, 5) is 24.2. The third-order valence-electron chi connectivity index (χ3n) is 2.93. The van der Waals surface area contributed by atoms with E-state index >= 15 is 0 Å². The molecule has 0 bridgehead atoms. The number of hydrogen-bond acceptors (Lipinski definition) is 4. The van der Waals surface area contributed by atoms with Gasteiger partial charge in [-0.05, 0) is 19.8 Å². The fourth-order valence-electron chi connectivity index (χ4n) is 1.92. The minimum absolute atomic E-state index is 0.000582. The highest BCUT2D eigenvalue weighted by atomic mass is 16.5. The average Bonchev–Trinajstić information content (AvgIpc) is 2.38. The van der Waals surface area contributed by atoms with Gasteiger partial charge in [0, 0.05) is 19.7 Å². The Balaban J connectivity index is 2.22. The van der Waals surface area contributed by atoms with Gasteiger partial charge in [-0.2, -0.15) is 0 Å². The van der Waals surface area contributed by atoms with Crippen LogP contribution in [-0.4, -0.2) is 61.4 Å². The maximum absolute atomic E-state index is 11.8. The van der Waals surface area contributed by atoms with Gasteiger partial charge in [-0.15, -0.1) is 0 Å². The van der Waals surface area contributed by atoms with Gasteiger partial charge in [0.2, 0.25) is 5.91 Å². The maximum atomic E-state index is 11.8. The topological polar surface area (TPSA) is 76.1 Å². The van der Waals surface area contributed by atoms with Crippen molar-refractivity contribution < 1.29 is 24.2 Å². The molecule has 6 nitrogen and oxygen atoms in total. The molecule has 1 saturated heterocycles. The summed E-state index contributed by atoms with van der Waals surface area (Å²) in [6.07, 6.45) is 1.38. The largest absolute Gasteiger partial charge is 0.481 e. The highest BCUT2D eigenvalue weighted by molar-refractivity contribution is 5.79. The minimum atomic E-state index is -0.829. The van der Waals surface area contributed by atoms with Gasteiger partial charge in [0.05, 0.1) is 19.1 Å². The molecule has 0 aliphatic carbocycles. The van der Waals surface area contributed by atoms with Crippen molar-refractivity contribution in [1.29, 1.82) is 0 Å². The molecular weight excluding hydrogens is 238 g/mol. The van der Waals surface area contributed by atoms with Crippen molar-refractivity contribution in [3.8, 4) is 0 Å². The van der Waals surface area contributed by atoms with Gasteiger partial charge in [0.1, 0.15) is 6.61 Å². The number of nitrogens with zero attached hydrogens (tertiary/aromatic N) is 1. The van der Waals surface area contributed by atoms with Gasteiger partial charge in [-0.1, -0.05) is 0 Å². The Morgan fingerprint density at radius 3 is 2.72 bits per heavy atom. The zero-order valence-corrected chi connectivity index (χ0v) is 10.8. The van der Waals surface area contributed by atoms with Crippen LogP contribution in [0.15, 0.2) is 0 Å². The van der Waals surface area contributed by atoms with Gasteiger partial charge < -0.3 is 19.5 Å². The number of carboxylic acid groups (broad SMARTS) is 1. The molecule has 1 rings (SSSR count). The Hall–Kier alpha value is -1.14. The lowest BCUT2D eigenvalue weighted by molar-refractivity contribution is -0.147. The first kappa shape index (κ1) is 14.9. The summed E-state index contributed by atoms with van der Waals surface area (Å²) < 4.78 is 10.3. The van der Waals surface area contributed by atoms with Gasteiger partial charge in [0.25, 0.3) is 0 Å². The summed E-state index contributed by atoms with van der Waals surface area (Å²) in [5, 5.41) is 8.93. The molecule has 18 heavy (non-hydrogen) atoms. The lowest BCUT2D eigenvalue weighted by Crippen LogP contribution is -2.43. The number of rotatable bonds is 7. The molecule has 1 fully saturated rings. The minimum Gasteiger partial charge on any atom is -0.481 e. The summed E-state index contributed by atoms with van der Waals surface area (Å²) in [6, 6.07) is 0. The van der Waals surface area contributed by atoms with E-state index in [1.54, 1.807) is 4.90 Å². The first-order valence-electron chi connectivity index (χ1n) is 6.31. The van der Waals surface area contributed by atoms with Crippen LogP contribution in [0.3, 0.4) is 0 Å². The van der Waals surface area contributed by atoms with Crippen LogP contribution in [0.25, 0.3) is 0 Å². The second-order valence-corrected chi connectivity index (χ2v) is 4.27. The number of piperidine rings is 1. The van der Waals surface area contributed by atoms with Crippen LogP contribution in [0, 0.1) is 5.92 Å². The molecule has 1 aliphatic heterocycles. The molecule has 1 aliphatic rings. The highest BCUT2D eigenvalue weighted by Crippen LogP contribution is 2.16. The molecule has 1 atom stereocenters. The molecule has 0 aromatic rings. The Bertz CT molecular complexity index is 282. The molecule has 0 saturated carbocycles. The molecule has 1 amide bonds. The molecule has 1 N–H and O–H groups in total. The number of carboxylic acids is 1. The average molecular weight is 259 g/mol. The van der Waals surface area contributed by atoms with Gasteiger partial charge in [0.15, 0.2) is 0 Å². The third-order valence-corrected chi connectivity index (χ3v) is 2.93. The number of carbonyl (C=O) groups excluding carboxylic acids is 1. The summed E-state index contributed by atoms with van der Waals surface area (Å²) in [5.74, 6) is -1.41. The second kappa shape index (κ2) is 8.05. The standard InChI is InChI=1S/C12H21NO5/c1-2-17-6-7-18-9-11(14)13-5-3-4-10(8-13)12(15)16/h10H,2-9H2,1H3,(H,15,16)/t10-/m0/s1. The normalized spacial score (nSPS) is 19.8. The smallest absolute Gasteiger partial charge is 0.308 e. The lowest BCUT2D eigenvalue weighted by atomic mass is 9.98. The molecule has 6 heteroatoms. The zero-order valence-electron chi connectivity index (χ0n) is 10.8. The van der Waals surface area contributed by atoms with E-state index < -0.39 is 11.9 Å². The summed E-state index contributed by atoms with van der Waals surface area (Å²) in [5.41, 5.74) is 0. The predicted octanol–water partition coefficient (Wildman–Crippen LogP) is 0.363. The summed E-state index contributed by atoms with van der Waals surface area (Å²) >= 11 is 0. The fraction of sp³-hybridized carbons (Fsp3) is 0.833. The molecule has 0 radical (unpaired) electrons. The highest BCUT2D eigenvalue weighted by Gasteiger charge is 2.27. The SMILES string of the molecule is CCOCCOCC(=O)N1CCC[C@H](C(=O)O)C1. The third kappa shape index (κ3) is 5.01. The van der Waals surface area contributed by atoms with E-state index in [0.29, 0.717) is 39.3 Å². The van der Waals surface area contributed by atoms with Crippen molar-refractivity contribution in [1.82, 2.24) is 4.90 Å². The van der Waals surface area contributed by atoms with Crippen molar-refractivity contribution in [3.63, 3.8) is 0 Å². The second-order valence-electron chi connectivity index (χ2n) is 4.27. The van der Waals surface area contributed by atoms with Crippen molar-refractivity contribution in [2.45, 2.75) is 19.8 Å². The maximum Gasteiger partial charge on any atom is 0.308 e. The number of amides is 1. The number of hydrogen-bond donors (Lipinski definition) is 1. The first-order valence-corrected chi connectivity index (χ1v) is 6.31. The molecular formula is C12H21NO5. The van der Waals surface area contributed by atoms with Gasteiger partial charge in [-0.25, -0.2) is 0 Å². The number of likely N-dealkylation sites (tertiary alicyclic amines) is 1. The van der Waals surface area contributed by atoms with Gasteiger partial charge in [-0.3, -0.25) is 9.59 Å². The number of aliphatic carboxylic acids is 1. The molecule has 0 aromatic heterocycles. The molecule has 0 aromatic carbocycles. The van der Waals surface area contributed by atoms with E-state index in [1.807, 2.05) is 6.92 Å². The van der Waals surface area contributed by atoms with Crippen LogP contribution in [0.1, 0.15) is 19.8 Å². The van der Waals surface area contributed by atoms with E-state index in [2.05, 4.69) is 0 Å². The fourth-order valence-corrected chi connectivity index (χ4v) is 1.92. The number of ether oxygens (including phenoxy) is 2. The summed E-state index contributed by atoms with van der Waals surface area (Å²) in [6.45, 7) is 4.30. The van der Waals surface area contributed by atoms with Crippen LogP contribution in [0.5, 0.6) is 0 Å². The Kier molecular flexibility index (Phi) is 6.67.